The van der Waals surface area contributed by atoms with Gasteiger partial charge in [0.15, 0.2) is 0 Å². The Morgan fingerprint density at radius 3 is 2.63 bits per heavy atom. The number of nitrogens with one attached hydrogen (secondary N) is 2. The van der Waals surface area contributed by atoms with E-state index in [9.17, 15) is 9.59 Å². The smallest absolute Gasteiger partial charge is 0.326 e. The maximum atomic E-state index is 11.7. The first-order valence-electron chi connectivity index (χ1n) is 6.86. The molecule has 0 radical (unpaired) electrons. The first-order chi connectivity index (χ1) is 8.90. The molecule has 2 atom stereocenters. The summed E-state index contributed by atoms with van der Waals surface area (Å²) in [6, 6.07) is -1.23. The lowest BCUT2D eigenvalue weighted by molar-refractivity contribution is -0.140. The van der Waals surface area contributed by atoms with E-state index in [0.717, 1.165) is 25.9 Å². The van der Waals surface area contributed by atoms with Crippen molar-refractivity contribution in [2.24, 2.45) is 11.8 Å². The van der Waals surface area contributed by atoms with E-state index in [-0.39, 0.29) is 5.92 Å². The van der Waals surface area contributed by atoms with Gasteiger partial charge in [-0.1, -0.05) is 13.8 Å². The van der Waals surface area contributed by atoms with Crippen LogP contribution in [-0.4, -0.2) is 54.7 Å². The fourth-order valence-electron chi connectivity index (χ4n) is 2.38. The molecule has 0 aromatic carbocycles. The Morgan fingerprint density at radius 2 is 2.11 bits per heavy atom. The van der Waals surface area contributed by atoms with Crippen LogP contribution in [0, 0.1) is 11.8 Å². The van der Waals surface area contributed by atoms with E-state index in [4.69, 9.17) is 5.11 Å². The standard InChI is InChI=1S/C13H25N3O3/c1-9(2)11(12(17)18)15-13(19)14-7-10-5-4-6-16(3)8-10/h9-11H,4-8H2,1-3H3,(H,17,18)(H2,14,15,19)/t10?,11-/m0/s1. The van der Waals surface area contributed by atoms with Crippen LogP contribution in [0.4, 0.5) is 4.79 Å². The first-order valence-corrected chi connectivity index (χ1v) is 6.86. The van der Waals surface area contributed by atoms with Crippen molar-refractivity contribution >= 4 is 12.0 Å². The molecule has 0 aliphatic carbocycles. The topological polar surface area (TPSA) is 81.7 Å². The molecule has 0 aromatic rings. The van der Waals surface area contributed by atoms with Gasteiger partial charge < -0.3 is 20.6 Å². The lowest BCUT2D eigenvalue weighted by atomic mass is 9.98. The zero-order chi connectivity index (χ0) is 14.4. The van der Waals surface area contributed by atoms with Crippen LogP contribution in [0.3, 0.4) is 0 Å². The summed E-state index contributed by atoms with van der Waals surface area (Å²) >= 11 is 0. The highest BCUT2D eigenvalue weighted by Crippen LogP contribution is 2.13. The van der Waals surface area contributed by atoms with Crippen molar-refractivity contribution in [1.29, 1.82) is 0 Å². The molecule has 110 valence electrons. The Hall–Kier alpha value is -1.30. The number of piperidine rings is 1. The van der Waals surface area contributed by atoms with Crippen molar-refractivity contribution in [3.05, 3.63) is 0 Å². The summed E-state index contributed by atoms with van der Waals surface area (Å²) in [5.41, 5.74) is 0. The van der Waals surface area contributed by atoms with Crippen molar-refractivity contribution in [2.75, 3.05) is 26.7 Å². The number of carbonyl (C=O) groups is 2. The zero-order valence-corrected chi connectivity index (χ0v) is 12.0. The minimum Gasteiger partial charge on any atom is -0.480 e. The molecule has 6 heteroatoms. The number of likely N-dealkylation sites (tertiary alicyclic amines) is 1. The number of amides is 2. The number of carbonyl (C=O) groups excluding carboxylic acids is 1. The Bertz CT molecular complexity index is 320. The first kappa shape index (κ1) is 15.8. The molecule has 3 N–H and O–H groups in total. The van der Waals surface area contributed by atoms with Gasteiger partial charge >= 0.3 is 12.0 Å². The van der Waals surface area contributed by atoms with E-state index in [1.807, 2.05) is 0 Å². The van der Waals surface area contributed by atoms with Crippen LogP contribution < -0.4 is 10.6 Å². The molecular weight excluding hydrogens is 246 g/mol. The van der Waals surface area contributed by atoms with Crippen LogP contribution in [-0.2, 0) is 4.79 Å². The third kappa shape index (κ3) is 5.46. The molecule has 1 heterocycles. The molecule has 0 aromatic heterocycles. The highest BCUT2D eigenvalue weighted by atomic mass is 16.4. The largest absolute Gasteiger partial charge is 0.480 e. The minimum atomic E-state index is -0.998. The number of nitrogens with zero attached hydrogens (tertiary/aromatic N) is 1. The van der Waals surface area contributed by atoms with E-state index in [1.54, 1.807) is 13.8 Å². The molecule has 6 nitrogen and oxygen atoms in total. The summed E-state index contributed by atoms with van der Waals surface area (Å²) in [6.45, 7) is 6.23. The van der Waals surface area contributed by atoms with E-state index in [0.29, 0.717) is 12.5 Å². The highest BCUT2D eigenvalue weighted by molar-refractivity contribution is 5.82. The van der Waals surface area contributed by atoms with E-state index in [2.05, 4.69) is 22.6 Å². The minimum absolute atomic E-state index is 0.135. The number of hydrogen-bond donors (Lipinski definition) is 3. The van der Waals surface area contributed by atoms with Crippen molar-refractivity contribution in [3.8, 4) is 0 Å². The van der Waals surface area contributed by atoms with Crippen LogP contribution in [0.25, 0.3) is 0 Å². The second-order valence-corrected chi connectivity index (χ2v) is 5.68. The van der Waals surface area contributed by atoms with Gasteiger partial charge in [0.2, 0.25) is 0 Å². The molecule has 19 heavy (non-hydrogen) atoms. The Morgan fingerprint density at radius 1 is 1.42 bits per heavy atom. The molecule has 1 saturated heterocycles. The summed E-state index contributed by atoms with van der Waals surface area (Å²) in [6.07, 6.45) is 2.26. The number of urea groups is 1. The molecule has 2 amide bonds. The second-order valence-electron chi connectivity index (χ2n) is 5.68. The number of carboxylic acid groups (broad SMARTS) is 1. The van der Waals surface area contributed by atoms with E-state index < -0.39 is 18.0 Å². The van der Waals surface area contributed by atoms with Gasteiger partial charge in [0.25, 0.3) is 0 Å². The molecule has 1 fully saturated rings. The second kappa shape index (κ2) is 7.33. The molecule has 1 rings (SSSR count). The van der Waals surface area contributed by atoms with Gasteiger partial charge in [0.05, 0.1) is 0 Å². The van der Waals surface area contributed by atoms with E-state index in [1.165, 1.54) is 0 Å². The van der Waals surface area contributed by atoms with Crippen molar-refractivity contribution in [1.82, 2.24) is 15.5 Å². The molecule has 1 aliphatic rings. The summed E-state index contributed by atoms with van der Waals surface area (Å²) < 4.78 is 0. The monoisotopic (exact) mass is 271 g/mol. The fraction of sp³-hybridized carbons (Fsp3) is 0.846. The number of hydrogen-bond acceptors (Lipinski definition) is 3. The summed E-state index contributed by atoms with van der Waals surface area (Å²) in [5.74, 6) is -0.682. The average molecular weight is 271 g/mol. The van der Waals surface area contributed by atoms with Crippen LogP contribution >= 0.6 is 0 Å². The maximum Gasteiger partial charge on any atom is 0.326 e. The normalized spacial score (nSPS) is 22.0. The molecular formula is C13H25N3O3. The van der Waals surface area contributed by atoms with Crippen molar-refractivity contribution in [2.45, 2.75) is 32.7 Å². The quantitative estimate of drug-likeness (QED) is 0.689. The lowest BCUT2D eigenvalue weighted by Crippen LogP contribution is -2.50. The predicted molar refractivity (Wildman–Crippen MR) is 73.0 cm³/mol. The Balaban J connectivity index is 2.32. The number of rotatable bonds is 5. The fourth-order valence-corrected chi connectivity index (χ4v) is 2.38. The Kier molecular flexibility index (Phi) is 6.08. The van der Waals surface area contributed by atoms with Gasteiger partial charge in [0.1, 0.15) is 6.04 Å². The van der Waals surface area contributed by atoms with E-state index >= 15 is 0 Å². The number of aliphatic carboxylic acids is 1. The lowest BCUT2D eigenvalue weighted by Gasteiger charge is -2.29. The molecule has 1 unspecified atom stereocenters. The van der Waals surface area contributed by atoms with Crippen LogP contribution in [0.15, 0.2) is 0 Å². The van der Waals surface area contributed by atoms with Crippen molar-refractivity contribution in [3.63, 3.8) is 0 Å². The third-order valence-electron chi connectivity index (χ3n) is 3.49. The van der Waals surface area contributed by atoms with Gasteiger partial charge in [-0.15, -0.1) is 0 Å². The summed E-state index contributed by atoms with van der Waals surface area (Å²) in [5, 5.41) is 14.3. The van der Waals surface area contributed by atoms with Gasteiger partial charge in [-0.05, 0) is 38.3 Å². The maximum absolute atomic E-state index is 11.7. The Labute approximate surface area is 114 Å². The molecule has 1 aliphatic heterocycles. The SMILES string of the molecule is CC(C)[C@H](NC(=O)NCC1CCCN(C)C1)C(=O)O. The van der Waals surface area contributed by atoms with Gasteiger partial charge in [-0.3, -0.25) is 0 Å². The predicted octanol–water partition coefficient (Wildman–Crippen LogP) is 0.737. The summed E-state index contributed by atoms with van der Waals surface area (Å²) in [7, 11) is 2.07. The third-order valence-corrected chi connectivity index (χ3v) is 3.49. The van der Waals surface area contributed by atoms with Gasteiger partial charge in [-0.2, -0.15) is 0 Å². The highest BCUT2D eigenvalue weighted by Gasteiger charge is 2.24. The number of carboxylic acids is 1. The van der Waals surface area contributed by atoms with Crippen LogP contribution in [0.5, 0.6) is 0 Å². The molecule has 0 saturated carbocycles. The van der Waals surface area contributed by atoms with Gasteiger partial charge in [-0.25, -0.2) is 9.59 Å². The van der Waals surface area contributed by atoms with Crippen molar-refractivity contribution < 1.29 is 14.7 Å². The average Bonchev–Trinajstić information content (AvgIpc) is 2.32. The molecule has 0 spiro atoms. The van der Waals surface area contributed by atoms with Crippen LogP contribution in [0.1, 0.15) is 26.7 Å². The van der Waals surface area contributed by atoms with Crippen LogP contribution in [0.2, 0.25) is 0 Å². The molecule has 0 bridgehead atoms. The van der Waals surface area contributed by atoms with Gasteiger partial charge in [0, 0.05) is 13.1 Å². The summed E-state index contributed by atoms with van der Waals surface area (Å²) in [4.78, 5) is 24.9. The zero-order valence-electron chi connectivity index (χ0n) is 12.0.